The van der Waals surface area contributed by atoms with Crippen LogP contribution in [0.15, 0.2) is 24.3 Å². The summed E-state index contributed by atoms with van der Waals surface area (Å²) in [7, 11) is 1.80. The summed E-state index contributed by atoms with van der Waals surface area (Å²) in [5.41, 5.74) is 2.45. The molecule has 0 saturated carbocycles. The first-order valence-electron chi connectivity index (χ1n) is 5.47. The summed E-state index contributed by atoms with van der Waals surface area (Å²) in [6, 6.07) is 8.59. The van der Waals surface area contributed by atoms with Crippen molar-refractivity contribution in [1.29, 1.82) is 0 Å². The van der Waals surface area contributed by atoms with Gasteiger partial charge in [-0.15, -0.1) is 0 Å². The number of benzene rings is 1. The van der Waals surface area contributed by atoms with E-state index in [2.05, 4.69) is 31.2 Å². The zero-order valence-electron chi connectivity index (χ0n) is 9.45. The molecule has 2 nitrogen and oxygen atoms in total. The molecule has 0 aromatic heterocycles. The average Bonchev–Trinajstić information content (AvgIpc) is 2.30. The van der Waals surface area contributed by atoms with Crippen LogP contribution in [0.4, 0.5) is 0 Å². The van der Waals surface area contributed by atoms with Gasteiger partial charge < -0.3 is 9.47 Å². The zero-order chi connectivity index (χ0) is 10.7. The molecule has 1 saturated heterocycles. The molecule has 0 spiro atoms. The Morgan fingerprint density at radius 2 is 2.00 bits per heavy atom. The SMILES string of the molecule is COC1(c2cccc(C)c2)CCOCC1. The van der Waals surface area contributed by atoms with Crippen molar-refractivity contribution >= 4 is 0 Å². The van der Waals surface area contributed by atoms with Crippen LogP contribution >= 0.6 is 0 Å². The van der Waals surface area contributed by atoms with Crippen molar-refractivity contribution in [3.8, 4) is 0 Å². The second kappa shape index (κ2) is 4.33. The first-order valence-corrected chi connectivity index (χ1v) is 5.47. The Labute approximate surface area is 91.2 Å². The summed E-state index contributed by atoms with van der Waals surface area (Å²) in [4.78, 5) is 0. The molecule has 82 valence electrons. The summed E-state index contributed by atoms with van der Waals surface area (Å²) in [6.07, 6.45) is 1.90. The van der Waals surface area contributed by atoms with Gasteiger partial charge in [0.15, 0.2) is 0 Å². The molecule has 0 aliphatic carbocycles. The fourth-order valence-corrected chi connectivity index (χ4v) is 2.24. The van der Waals surface area contributed by atoms with Gasteiger partial charge in [-0.25, -0.2) is 0 Å². The first kappa shape index (κ1) is 10.7. The van der Waals surface area contributed by atoms with E-state index in [9.17, 15) is 0 Å². The maximum Gasteiger partial charge on any atom is 0.0971 e. The van der Waals surface area contributed by atoms with E-state index in [-0.39, 0.29) is 5.60 Å². The molecule has 0 N–H and O–H groups in total. The first-order chi connectivity index (χ1) is 7.27. The van der Waals surface area contributed by atoms with E-state index in [4.69, 9.17) is 9.47 Å². The molecular formula is C13H18O2. The van der Waals surface area contributed by atoms with Crippen LogP contribution in [0.2, 0.25) is 0 Å². The molecule has 0 amide bonds. The van der Waals surface area contributed by atoms with Crippen molar-refractivity contribution in [2.45, 2.75) is 25.4 Å². The van der Waals surface area contributed by atoms with Crippen molar-refractivity contribution < 1.29 is 9.47 Å². The van der Waals surface area contributed by atoms with E-state index in [1.807, 2.05) is 0 Å². The van der Waals surface area contributed by atoms with Crippen LogP contribution in [0.1, 0.15) is 24.0 Å². The summed E-state index contributed by atoms with van der Waals surface area (Å²) >= 11 is 0. The fourth-order valence-electron chi connectivity index (χ4n) is 2.24. The van der Waals surface area contributed by atoms with Crippen LogP contribution in [0.3, 0.4) is 0 Å². The molecule has 1 aromatic carbocycles. The van der Waals surface area contributed by atoms with Gasteiger partial charge in [-0.1, -0.05) is 29.8 Å². The molecule has 1 fully saturated rings. The van der Waals surface area contributed by atoms with Gasteiger partial charge in [0.1, 0.15) is 0 Å². The van der Waals surface area contributed by atoms with Crippen LogP contribution in [-0.2, 0) is 15.1 Å². The Balaban J connectivity index is 2.32. The molecule has 2 heteroatoms. The third-order valence-electron chi connectivity index (χ3n) is 3.24. The molecule has 0 atom stereocenters. The zero-order valence-corrected chi connectivity index (χ0v) is 9.45. The number of rotatable bonds is 2. The highest BCUT2D eigenvalue weighted by Gasteiger charge is 2.34. The van der Waals surface area contributed by atoms with Gasteiger partial charge in [0.25, 0.3) is 0 Å². The topological polar surface area (TPSA) is 18.5 Å². The maximum absolute atomic E-state index is 5.74. The van der Waals surface area contributed by atoms with Crippen LogP contribution in [0.25, 0.3) is 0 Å². The smallest absolute Gasteiger partial charge is 0.0971 e. The Morgan fingerprint density at radius 1 is 1.27 bits per heavy atom. The van der Waals surface area contributed by atoms with E-state index in [0.717, 1.165) is 26.1 Å². The molecule has 0 unspecified atom stereocenters. The van der Waals surface area contributed by atoms with Crippen LogP contribution in [-0.4, -0.2) is 20.3 Å². The van der Waals surface area contributed by atoms with Gasteiger partial charge in [0, 0.05) is 33.2 Å². The van der Waals surface area contributed by atoms with E-state index >= 15 is 0 Å². The number of hydrogen-bond donors (Lipinski definition) is 0. The average molecular weight is 206 g/mol. The molecule has 15 heavy (non-hydrogen) atoms. The molecule has 1 heterocycles. The molecule has 2 rings (SSSR count). The van der Waals surface area contributed by atoms with Crippen molar-refractivity contribution in [3.63, 3.8) is 0 Å². The normalized spacial score (nSPS) is 20.1. The highest BCUT2D eigenvalue weighted by Crippen LogP contribution is 2.35. The van der Waals surface area contributed by atoms with Crippen LogP contribution in [0, 0.1) is 6.92 Å². The molecule has 1 aliphatic heterocycles. The Bertz CT molecular complexity index is 327. The minimum absolute atomic E-state index is 0.121. The maximum atomic E-state index is 5.74. The van der Waals surface area contributed by atoms with Gasteiger partial charge in [-0.3, -0.25) is 0 Å². The number of aryl methyl sites for hydroxylation is 1. The van der Waals surface area contributed by atoms with Crippen molar-refractivity contribution in [1.82, 2.24) is 0 Å². The molecular weight excluding hydrogens is 188 g/mol. The number of ether oxygens (including phenoxy) is 2. The lowest BCUT2D eigenvalue weighted by molar-refractivity contribution is -0.0948. The summed E-state index contributed by atoms with van der Waals surface area (Å²) in [5, 5.41) is 0. The van der Waals surface area contributed by atoms with E-state index in [0.29, 0.717) is 0 Å². The Morgan fingerprint density at radius 3 is 2.60 bits per heavy atom. The van der Waals surface area contributed by atoms with Gasteiger partial charge in [0.2, 0.25) is 0 Å². The van der Waals surface area contributed by atoms with Gasteiger partial charge >= 0.3 is 0 Å². The number of hydrogen-bond acceptors (Lipinski definition) is 2. The Kier molecular flexibility index (Phi) is 3.08. The van der Waals surface area contributed by atoms with Gasteiger partial charge in [-0.2, -0.15) is 0 Å². The van der Waals surface area contributed by atoms with Gasteiger partial charge in [-0.05, 0) is 12.5 Å². The Hall–Kier alpha value is -0.860. The van der Waals surface area contributed by atoms with Crippen molar-refractivity contribution in [3.05, 3.63) is 35.4 Å². The van der Waals surface area contributed by atoms with Gasteiger partial charge in [0.05, 0.1) is 5.60 Å². The highest BCUT2D eigenvalue weighted by molar-refractivity contribution is 5.28. The van der Waals surface area contributed by atoms with E-state index in [1.54, 1.807) is 7.11 Å². The molecule has 0 bridgehead atoms. The molecule has 1 aromatic rings. The fraction of sp³-hybridized carbons (Fsp3) is 0.538. The lowest BCUT2D eigenvalue weighted by Crippen LogP contribution is -2.35. The van der Waals surface area contributed by atoms with Crippen LogP contribution in [0.5, 0.6) is 0 Å². The lowest BCUT2D eigenvalue weighted by atomic mass is 9.85. The predicted octanol–water partition coefficient (Wildman–Crippen LogP) is 2.65. The highest BCUT2D eigenvalue weighted by atomic mass is 16.5. The largest absolute Gasteiger partial charge is 0.381 e. The van der Waals surface area contributed by atoms with Crippen molar-refractivity contribution in [2.75, 3.05) is 20.3 Å². The van der Waals surface area contributed by atoms with Crippen LogP contribution < -0.4 is 0 Å². The second-order valence-electron chi connectivity index (χ2n) is 4.18. The predicted molar refractivity (Wildman–Crippen MR) is 59.9 cm³/mol. The standard InChI is InChI=1S/C13H18O2/c1-11-4-3-5-12(10-11)13(14-2)6-8-15-9-7-13/h3-5,10H,6-9H2,1-2H3. The minimum atomic E-state index is -0.121. The lowest BCUT2D eigenvalue weighted by Gasteiger charge is -2.36. The quantitative estimate of drug-likeness (QED) is 0.740. The second-order valence-corrected chi connectivity index (χ2v) is 4.18. The van der Waals surface area contributed by atoms with E-state index in [1.165, 1.54) is 11.1 Å². The summed E-state index contributed by atoms with van der Waals surface area (Å²) < 4.78 is 11.1. The van der Waals surface area contributed by atoms with E-state index < -0.39 is 0 Å². The monoisotopic (exact) mass is 206 g/mol. The minimum Gasteiger partial charge on any atom is -0.381 e. The number of methoxy groups -OCH3 is 1. The molecule has 1 aliphatic rings. The van der Waals surface area contributed by atoms with Crippen molar-refractivity contribution in [2.24, 2.45) is 0 Å². The summed E-state index contributed by atoms with van der Waals surface area (Å²) in [6.45, 7) is 3.70. The third-order valence-corrected chi connectivity index (χ3v) is 3.24. The summed E-state index contributed by atoms with van der Waals surface area (Å²) in [5.74, 6) is 0. The molecule has 0 radical (unpaired) electrons. The third kappa shape index (κ3) is 2.06.